The van der Waals surface area contributed by atoms with E-state index in [2.05, 4.69) is 0 Å². The molecule has 0 aromatic heterocycles. The van der Waals surface area contributed by atoms with E-state index in [0.29, 0.717) is 9.80 Å². The van der Waals surface area contributed by atoms with Crippen LogP contribution in [0, 0.1) is 0 Å². The Hall–Kier alpha value is -3.58. The second-order valence-electron chi connectivity index (χ2n) is 13.3. The summed E-state index contributed by atoms with van der Waals surface area (Å²) in [6, 6.07) is -3.41. The molecule has 0 bridgehead atoms. The van der Waals surface area contributed by atoms with Crippen LogP contribution in [-0.4, -0.2) is 94.8 Å². The van der Waals surface area contributed by atoms with E-state index in [1.54, 1.807) is 83.1 Å². The number of nitrogens with zero attached hydrogens (tertiary/aromatic N) is 2. The number of hydrogen-bond donors (Lipinski definition) is 0. The van der Waals surface area contributed by atoms with Crippen molar-refractivity contribution in [2.24, 2.45) is 0 Å². The molecule has 0 radical (unpaired) electrons. The lowest BCUT2D eigenvalue weighted by atomic mass is 10.0. The number of ether oxygens (including phenoxy) is 6. The lowest BCUT2D eigenvalue weighted by molar-refractivity contribution is -0.149. The van der Waals surface area contributed by atoms with Crippen molar-refractivity contribution in [2.75, 3.05) is 14.2 Å². The summed E-state index contributed by atoms with van der Waals surface area (Å²) in [5.41, 5.74) is -4.29. The second kappa shape index (κ2) is 14.5. The Balaban J connectivity index is 6.82. The van der Waals surface area contributed by atoms with Crippen molar-refractivity contribution in [3.8, 4) is 0 Å². The third-order valence-electron chi connectivity index (χ3n) is 4.64. The zero-order chi connectivity index (χ0) is 33.4. The van der Waals surface area contributed by atoms with Crippen molar-refractivity contribution in [1.29, 1.82) is 0 Å². The van der Waals surface area contributed by atoms with Crippen LogP contribution in [0.15, 0.2) is 0 Å². The Kier molecular flexibility index (Phi) is 13.3. The first-order chi connectivity index (χ1) is 18.7. The van der Waals surface area contributed by atoms with E-state index < -0.39 is 83.6 Å². The van der Waals surface area contributed by atoms with Gasteiger partial charge in [-0.2, -0.15) is 9.80 Å². The van der Waals surface area contributed by atoms with Gasteiger partial charge in [-0.1, -0.05) is 0 Å². The SMILES string of the molecule is COC(=O)C(CCC(C(=O)OC)N(C(=O)OC(C)(C)C)C(=O)OC(C)(C)C)N(C(=O)OC(C)(C)C)C(=O)OC(C)(C)C. The molecule has 42 heavy (non-hydrogen) atoms. The highest BCUT2D eigenvalue weighted by Gasteiger charge is 2.45. The minimum absolute atomic E-state index is 0.433. The van der Waals surface area contributed by atoms with Crippen molar-refractivity contribution in [2.45, 2.75) is 130 Å². The van der Waals surface area contributed by atoms with Gasteiger partial charge in [-0.15, -0.1) is 0 Å². The standard InChI is InChI=1S/C28H48N2O12/c1-25(2,3)39-21(33)29(22(34)40-26(4,5)6)17(19(31)37-13)15-16-18(20(32)38-14)30(23(35)41-27(7,8)9)24(36)42-28(10,11)12/h17-18H,15-16H2,1-14H3. The average molecular weight is 605 g/mol. The van der Waals surface area contributed by atoms with Crippen LogP contribution in [0.5, 0.6) is 0 Å². The van der Waals surface area contributed by atoms with Crippen molar-refractivity contribution in [3.63, 3.8) is 0 Å². The Morgan fingerprint density at radius 1 is 0.452 bits per heavy atom. The van der Waals surface area contributed by atoms with Gasteiger partial charge in [0, 0.05) is 0 Å². The highest BCUT2D eigenvalue weighted by atomic mass is 16.6. The van der Waals surface area contributed by atoms with Crippen molar-refractivity contribution in [3.05, 3.63) is 0 Å². The van der Waals surface area contributed by atoms with Crippen LogP contribution in [0.1, 0.15) is 95.9 Å². The number of carbonyl (C=O) groups is 6. The Morgan fingerprint density at radius 2 is 0.643 bits per heavy atom. The number of imide groups is 2. The maximum absolute atomic E-state index is 13.2. The Labute approximate surface area is 248 Å². The summed E-state index contributed by atoms with van der Waals surface area (Å²) in [5.74, 6) is -2.12. The molecule has 2 atom stereocenters. The van der Waals surface area contributed by atoms with Gasteiger partial charge in [0.25, 0.3) is 0 Å². The lowest BCUT2D eigenvalue weighted by Gasteiger charge is -2.34. The van der Waals surface area contributed by atoms with E-state index in [4.69, 9.17) is 28.4 Å². The molecule has 0 fully saturated rings. The molecule has 4 amide bonds. The third-order valence-corrected chi connectivity index (χ3v) is 4.64. The summed E-state index contributed by atoms with van der Waals surface area (Å²) in [4.78, 5) is 79.6. The van der Waals surface area contributed by atoms with E-state index in [9.17, 15) is 28.8 Å². The molecule has 0 aliphatic carbocycles. The molecule has 14 heteroatoms. The molecule has 0 aromatic carbocycles. The highest BCUT2D eigenvalue weighted by molar-refractivity contribution is 5.95. The first-order valence-corrected chi connectivity index (χ1v) is 13.4. The van der Waals surface area contributed by atoms with Gasteiger partial charge in [0.1, 0.15) is 34.5 Å². The summed E-state index contributed by atoms with van der Waals surface area (Å²) in [7, 11) is 2.06. The van der Waals surface area contributed by atoms with Gasteiger partial charge < -0.3 is 28.4 Å². The first kappa shape index (κ1) is 38.4. The van der Waals surface area contributed by atoms with E-state index >= 15 is 0 Å². The number of esters is 2. The number of hydrogen-bond acceptors (Lipinski definition) is 12. The maximum atomic E-state index is 13.2. The van der Waals surface area contributed by atoms with E-state index in [1.165, 1.54) is 0 Å². The predicted molar refractivity (Wildman–Crippen MR) is 149 cm³/mol. The van der Waals surface area contributed by atoms with Crippen LogP contribution in [0.4, 0.5) is 19.2 Å². The largest absolute Gasteiger partial charge is 0.467 e. The molecule has 0 spiro atoms. The van der Waals surface area contributed by atoms with Gasteiger partial charge in [0.2, 0.25) is 0 Å². The van der Waals surface area contributed by atoms with Crippen LogP contribution in [-0.2, 0) is 38.0 Å². The monoisotopic (exact) mass is 604 g/mol. The molecule has 0 saturated carbocycles. The molecule has 0 N–H and O–H groups in total. The van der Waals surface area contributed by atoms with Crippen molar-refractivity contribution in [1.82, 2.24) is 9.80 Å². The van der Waals surface area contributed by atoms with Crippen LogP contribution in [0.3, 0.4) is 0 Å². The number of carbonyl (C=O) groups excluding carboxylic acids is 6. The Bertz CT molecular complexity index is 860. The number of amides is 4. The Morgan fingerprint density at radius 3 is 0.786 bits per heavy atom. The smallest absolute Gasteiger partial charge is 0.420 e. The van der Waals surface area contributed by atoms with Gasteiger partial charge in [-0.25, -0.2) is 28.8 Å². The van der Waals surface area contributed by atoms with Crippen LogP contribution in [0.25, 0.3) is 0 Å². The quantitative estimate of drug-likeness (QED) is 0.276. The average Bonchev–Trinajstić information content (AvgIpc) is 2.74. The predicted octanol–water partition coefficient (Wildman–Crippen LogP) is 5.19. The van der Waals surface area contributed by atoms with Crippen LogP contribution >= 0.6 is 0 Å². The maximum Gasteiger partial charge on any atom is 0.420 e. The van der Waals surface area contributed by atoms with E-state index in [0.717, 1.165) is 14.2 Å². The van der Waals surface area contributed by atoms with Crippen molar-refractivity contribution >= 4 is 36.3 Å². The summed E-state index contributed by atoms with van der Waals surface area (Å²) in [5, 5.41) is 0. The van der Waals surface area contributed by atoms with Crippen molar-refractivity contribution < 1.29 is 57.2 Å². The molecule has 242 valence electrons. The first-order valence-electron chi connectivity index (χ1n) is 13.4. The lowest BCUT2D eigenvalue weighted by Crippen LogP contribution is -2.55. The minimum atomic E-state index is -1.70. The zero-order valence-electron chi connectivity index (χ0n) is 27.4. The molecule has 0 heterocycles. The van der Waals surface area contributed by atoms with Gasteiger partial charge >= 0.3 is 36.3 Å². The van der Waals surface area contributed by atoms with E-state index in [1.807, 2.05) is 0 Å². The highest BCUT2D eigenvalue weighted by Crippen LogP contribution is 2.24. The molecule has 14 nitrogen and oxygen atoms in total. The molecule has 0 saturated heterocycles. The normalized spacial score (nSPS) is 13.6. The molecular formula is C28H48N2O12. The fourth-order valence-electron chi connectivity index (χ4n) is 3.19. The fraction of sp³-hybridized carbons (Fsp3) is 0.786. The van der Waals surface area contributed by atoms with Gasteiger partial charge in [-0.05, 0) is 95.9 Å². The number of methoxy groups -OCH3 is 2. The van der Waals surface area contributed by atoms with Gasteiger partial charge in [0.15, 0.2) is 0 Å². The second-order valence-corrected chi connectivity index (χ2v) is 13.3. The van der Waals surface area contributed by atoms with Gasteiger partial charge in [0.05, 0.1) is 14.2 Å². The topological polar surface area (TPSA) is 164 Å². The summed E-state index contributed by atoms with van der Waals surface area (Å²) in [6.45, 7) is 18.6. The zero-order valence-corrected chi connectivity index (χ0v) is 27.4. The third kappa shape index (κ3) is 13.9. The molecule has 0 rings (SSSR count). The summed E-state index contributed by atoms with van der Waals surface area (Å²) >= 11 is 0. The summed E-state index contributed by atoms with van der Waals surface area (Å²) in [6.07, 6.45) is -5.88. The number of rotatable bonds is 7. The molecule has 2 unspecified atom stereocenters. The molecule has 0 aromatic rings. The van der Waals surface area contributed by atoms with Crippen LogP contribution in [0.2, 0.25) is 0 Å². The van der Waals surface area contributed by atoms with Gasteiger partial charge in [-0.3, -0.25) is 0 Å². The molecule has 0 aliphatic rings. The minimum Gasteiger partial charge on any atom is -0.467 e. The molecular weight excluding hydrogens is 556 g/mol. The van der Waals surface area contributed by atoms with E-state index in [-0.39, 0.29) is 0 Å². The summed E-state index contributed by atoms with van der Waals surface area (Å²) < 4.78 is 31.1. The molecule has 0 aliphatic heterocycles. The fourth-order valence-corrected chi connectivity index (χ4v) is 3.19. The van der Waals surface area contributed by atoms with Crippen LogP contribution < -0.4 is 0 Å².